The zero-order valence-electron chi connectivity index (χ0n) is 9.45. The van der Waals surface area contributed by atoms with Gasteiger partial charge in [-0.1, -0.05) is 12.8 Å². The van der Waals surface area contributed by atoms with Gasteiger partial charge in [0, 0.05) is 31.7 Å². The van der Waals surface area contributed by atoms with Crippen LogP contribution in [0.5, 0.6) is 0 Å². The summed E-state index contributed by atoms with van der Waals surface area (Å²) in [5.74, 6) is 0. The van der Waals surface area contributed by atoms with Crippen molar-refractivity contribution in [2.45, 2.75) is 43.8 Å². The Morgan fingerprint density at radius 3 is 2.50 bits per heavy atom. The van der Waals surface area contributed by atoms with E-state index < -0.39 is 12.6 Å². The van der Waals surface area contributed by atoms with E-state index in [2.05, 4.69) is 10.2 Å². The number of nitrogens with zero attached hydrogens (tertiary/aromatic N) is 1. The molecule has 0 atom stereocenters. The summed E-state index contributed by atoms with van der Waals surface area (Å²) < 4.78 is 36.7. The highest BCUT2D eigenvalue weighted by Gasteiger charge is 2.42. The third-order valence-electron chi connectivity index (χ3n) is 3.88. The van der Waals surface area contributed by atoms with E-state index in [1.54, 1.807) is 0 Å². The summed E-state index contributed by atoms with van der Waals surface area (Å²) in [5.41, 5.74) is 0.0313. The minimum absolute atomic E-state index is 0.0313. The Balaban J connectivity index is 1.94. The smallest absolute Gasteiger partial charge is 0.314 e. The van der Waals surface area contributed by atoms with Gasteiger partial charge in [-0.05, 0) is 12.8 Å². The van der Waals surface area contributed by atoms with Crippen molar-refractivity contribution in [3.8, 4) is 0 Å². The van der Waals surface area contributed by atoms with Crippen molar-refractivity contribution in [1.82, 2.24) is 10.2 Å². The molecule has 0 aromatic heterocycles. The average molecular weight is 236 g/mol. The number of hydrogen-bond donors (Lipinski definition) is 1. The van der Waals surface area contributed by atoms with E-state index in [0.717, 1.165) is 45.3 Å². The molecule has 0 radical (unpaired) electrons. The van der Waals surface area contributed by atoms with Crippen molar-refractivity contribution in [2.75, 3.05) is 26.2 Å². The average Bonchev–Trinajstić information content (AvgIpc) is 2.65. The van der Waals surface area contributed by atoms with Crippen LogP contribution in [0.1, 0.15) is 32.1 Å². The monoisotopic (exact) mass is 236 g/mol. The van der Waals surface area contributed by atoms with Gasteiger partial charge in [0.2, 0.25) is 0 Å². The van der Waals surface area contributed by atoms with Crippen LogP contribution in [0.4, 0.5) is 13.2 Å². The van der Waals surface area contributed by atoms with E-state index in [-0.39, 0.29) is 12.1 Å². The maximum absolute atomic E-state index is 12.2. The molecule has 5 heteroatoms. The molecular weight excluding hydrogens is 217 g/mol. The van der Waals surface area contributed by atoms with Crippen molar-refractivity contribution in [3.63, 3.8) is 0 Å². The lowest BCUT2D eigenvalue weighted by molar-refractivity contribution is -0.142. The molecule has 2 nitrogen and oxygen atoms in total. The Morgan fingerprint density at radius 1 is 1.19 bits per heavy atom. The van der Waals surface area contributed by atoms with Crippen molar-refractivity contribution in [3.05, 3.63) is 0 Å². The molecule has 1 saturated carbocycles. The lowest BCUT2D eigenvalue weighted by Crippen LogP contribution is -2.60. The van der Waals surface area contributed by atoms with Crippen LogP contribution in [0, 0.1) is 0 Å². The Bertz CT molecular complexity index is 234. The van der Waals surface area contributed by atoms with Gasteiger partial charge in [-0.3, -0.25) is 4.90 Å². The van der Waals surface area contributed by atoms with Crippen molar-refractivity contribution in [2.24, 2.45) is 0 Å². The van der Waals surface area contributed by atoms with Crippen LogP contribution in [0.25, 0.3) is 0 Å². The Hall–Kier alpha value is -0.290. The van der Waals surface area contributed by atoms with Crippen LogP contribution >= 0.6 is 0 Å². The first-order valence-corrected chi connectivity index (χ1v) is 6.04. The molecule has 1 aliphatic heterocycles. The number of nitrogens with one attached hydrogen (secondary N) is 1. The molecule has 1 spiro atoms. The van der Waals surface area contributed by atoms with Gasteiger partial charge >= 0.3 is 6.18 Å². The van der Waals surface area contributed by atoms with Gasteiger partial charge < -0.3 is 5.32 Å². The summed E-state index contributed by atoms with van der Waals surface area (Å²) in [4.78, 5) is 2.07. The van der Waals surface area contributed by atoms with Gasteiger partial charge in [0.05, 0.1) is 6.42 Å². The molecule has 1 saturated heterocycles. The third-order valence-corrected chi connectivity index (χ3v) is 3.88. The van der Waals surface area contributed by atoms with Crippen LogP contribution in [0.15, 0.2) is 0 Å². The summed E-state index contributed by atoms with van der Waals surface area (Å²) in [6.45, 7) is 2.62. The van der Waals surface area contributed by atoms with Gasteiger partial charge in [0.15, 0.2) is 0 Å². The van der Waals surface area contributed by atoms with E-state index in [0.29, 0.717) is 0 Å². The second-order valence-electron chi connectivity index (χ2n) is 4.96. The van der Waals surface area contributed by atoms with Crippen molar-refractivity contribution in [1.29, 1.82) is 0 Å². The van der Waals surface area contributed by atoms with E-state index in [9.17, 15) is 13.2 Å². The predicted octanol–water partition coefficient (Wildman–Crippen LogP) is 2.16. The zero-order chi connectivity index (χ0) is 11.6. The van der Waals surface area contributed by atoms with Crippen LogP contribution in [-0.2, 0) is 0 Å². The lowest BCUT2D eigenvalue weighted by atomic mass is 9.92. The van der Waals surface area contributed by atoms with Gasteiger partial charge in [-0.25, -0.2) is 0 Å². The second-order valence-corrected chi connectivity index (χ2v) is 4.96. The molecule has 2 aliphatic rings. The van der Waals surface area contributed by atoms with Gasteiger partial charge in [-0.15, -0.1) is 0 Å². The molecule has 0 unspecified atom stereocenters. The molecule has 1 N–H and O–H groups in total. The first kappa shape index (κ1) is 12.2. The highest BCUT2D eigenvalue weighted by atomic mass is 19.4. The molecule has 0 aromatic rings. The number of alkyl halides is 3. The largest absolute Gasteiger partial charge is 0.390 e. The lowest BCUT2D eigenvalue weighted by Gasteiger charge is -2.45. The first-order chi connectivity index (χ1) is 7.52. The fourth-order valence-corrected chi connectivity index (χ4v) is 3.02. The maximum Gasteiger partial charge on any atom is 0.390 e. The normalized spacial score (nSPS) is 26.4. The van der Waals surface area contributed by atoms with E-state index in [4.69, 9.17) is 0 Å². The number of piperazine rings is 1. The van der Waals surface area contributed by atoms with Crippen molar-refractivity contribution < 1.29 is 13.2 Å². The molecule has 1 heterocycles. The molecule has 94 valence electrons. The number of rotatable bonds is 2. The zero-order valence-corrected chi connectivity index (χ0v) is 9.45. The molecule has 16 heavy (non-hydrogen) atoms. The molecule has 0 amide bonds. The highest BCUT2D eigenvalue weighted by Crippen LogP contribution is 2.36. The predicted molar refractivity (Wildman–Crippen MR) is 56.3 cm³/mol. The maximum atomic E-state index is 12.2. The highest BCUT2D eigenvalue weighted by molar-refractivity contribution is 4.99. The van der Waals surface area contributed by atoms with Crippen LogP contribution < -0.4 is 5.32 Å². The fraction of sp³-hybridized carbons (Fsp3) is 1.00. The van der Waals surface area contributed by atoms with Crippen LogP contribution in [0.2, 0.25) is 0 Å². The van der Waals surface area contributed by atoms with Crippen LogP contribution in [0.3, 0.4) is 0 Å². The van der Waals surface area contributed by atoms with E-state index in [1.807, 2.05) is 0 Å². The minimum Gasteiger partial charge on any atom is -0.314 e. The molecular formula is C11H19F3N2. The van der Waals surface area contributed by atoms with E-state index in [1.165, 1.54) is 0 Å². The number of halogens is 3. The Kier molecular flexibility index (Phi) is 3.45. The SMILES string of the molecule is FC(F)(F)CCN1CCNCC12CCCC2. The summed E-state index contributed by atoms with van der Waals surface area (Å²) >= 11 is 0. The minimum atomic E-state index is -4.02. The van der Waals surface area contributed by atoms with Crippen LogP contribution in [-0.4, -0.2) is 42.8 Å². The molecule has 2 rings (SSSR count). The van der Waals surface area contributed by atoms with E-state index >= 15 is 0 Å². The van der Waals surface area contributed by atoms with Gasteiger partial charge in [-0.2, -0.15) is 13.2 Å². The first-order valence-electron chi connectivity index (χ1n) is 6.04. The van der Waals surface area contributed by atoms with Gasteiger partial charge in [0.1, 0.15) is 0 Å². The molecule has 0 bridgehead atoms. The topological polar surface area (TPSA) is 15.3 Å². The molecule has 0 aromatic carbocycles. The number of hydrogen-bond acceptors (Lipinski definition) is 2. The van der Waals surface area contributed by atoms with Crippen molar-refractivity contribution >= 4 is 0 Å². The Morgan fingerprint density at radius 2 is 1.88 bits per heavy atom. The third kappa shape index (κ3) is 2.69. The summed E-state index contributed by atoms with van der Waals surface area (Å²) in [6, 6.07) is 0. The Labute approximate surface area is 94.2 Å². The summed E-state index contributed by atoms with van der Waals surface area (Å²) in [7, 11) is 0. The second kappa shape index (κ2) is 4.53. The standard InChI is InChI=1S/C11H19F3N2/c12-11(13,14)5-7-16-8-6-15-9-10(16)3-1-2-4-10/h15H,1-9H2. The molecule has 1 aliphatic carbocycles. The quantitative estimate of drug-likeness (QED) is 0.790. The summed E-state index contributed by atoms with van der Waals surface area (Å²) in [5, 5.41) is 3.32. The van der Waals surface area contributed by atoms with Gasteiger partial charge in [0.25, 0.3) is 0 Å². The summed E-state index contributed by atoms with van der Waals surface area (Å²) in [6.07, 6.45) is -0.274. The fourth-order valence-electron chi connectivity index (χ4n) is 3.02. The molecule has 2 fully saturated rings.